The van der Waals surface area contributed by atoms with Gasteiger partial charge in [0.15, 0.2) is 0 Å². The summed E-state index contributed by atoms with van der Waals surface area (Å²) < 4.78 is 2.97. The highest BCUT2D eigenvalue weighted by atomic mass is 16.2. The molecule has 2 heterocycles. The molecular weight excluding hydrogens is 202 g/mol. The molecular formula is C12H11N3O. The van der Waals surface area contributed by atoms with E-state index in [0.717, 1.165) is 11.4 Å². The lowest BCUT2D eigenvalue weighted by molar-refractivity contribution is 0.721. The van der Waals surface area contributed by atoms with Gasteiger partial charge < -0.3 is 0 Å². The summed E-state index contributed by atoms with van der Waals surface area (Å²) in [6.07, 6.45) is 4.44. The second kappa shape index (κ2) is 3.20. The highest BCUT2D eigenvalue weighted by molar-refractivity contribution is 5.65. The van der Waals surface area contributed by atoms with Crippen molar-refractivity contribution in [2.45, 2.75) is 6.42 Å². The summed E-state index contributed by atoms with van der Waals surface area (Å²) in [7, 11) is 1.67. The number of rotatable bonds is 0. The molecule has 2 aromatic rings. The first-order valence-corrected chi connectivity index (χ1v) is 5.16. The van der Waals surface area contributed by atoms with Crippen LogP contribution in [0.4, 0.5) is 0 Å². The van der Waals surface area contributed by atoms with Crippen LogP contribution in [-0.4, -0.2) is 14.3 Å². The molecule has 0 aliphatic carbocycles. The number of hydrogen-bond acceptors (Lipinski definition) is 2. The van der Waals surface area contributed by atoms with Crippen molar-refractivity contribution in [3.63, 3.8) is 0 Å². The van der Waals surface area contributed by atoms with Crippen molar-refractivity contribution in [1.82, 2.24) is 14.3 Å². The number of nitrogens with zero attached hydrogens (tertiary/aromatic N) is 3. The van der Waals surface area contributed by atoms with E-state index in [1.807, 2.05) is 24.3 Å². The van der Waals surface area contributed by atoms with Gasteiger partial charge in [-0.2, -0.15) is 5.10 Å². The van der Waals surface area contributed by atoms with Gasteiger partial charge in [0.1, 0.15) is 5.82 Å². The van der Waals surface area contributed by atoms with Gasteiger partial charge in [-0.05, 0) is 17.2 Å². The fourth-order valence-corrected chi connectivity index (χ4v) is 1.98. The van der Waals surface area contributed by atoms with Crippen molar-refractivity contribution >= 4 is 12.3 Å². The monoisotopic (exact) mass is 213 g/mol. The summed E-state index contributed by atoms with van der Waals surface area (Å²) in [6, 6.07) is 8.11. The van der Waals surface area contributed by atoms with Gasteiger partial charge in [0.05, 0.1) is 0 Å². The molecule has 0 saturated carbocycles. The van der Waals surface area contributed by atoms with Crippen molar-refractivity contribution in [3.05, 3.63) is 51.7 Å². The lowest BCUT2D eigenvalue weighted by Gasteiger charge is -2.00. The van der Waals surface area contributed by atoms with Gasteiger partial charge in [-0.25, -0.2) is 9.48 Å². The van der Waals surface area contributed by atoms with Gasteiger partial charge in [0.25, 0.3) is 0 Å². The molecule has 4 heteroatoms. The van der Waals surface area contributed by atoms with Crippen molar-refractivity contribution in [3.8, 4) is 0 Å². The Kier molecular flexibility index (Phi) is 1.83. The number of aromatic nitrogens is 3. The van der Waals surface area contributed by atoms with Crippen LogP contribution >= 0.6 is 0 Å². The van der Waals surface area contributed by atoms with E-state index in [9.17, 15) is 4.79 Å². The zero-order valence-electron chi connectivity index (χ0n) is 8.92. The number of hydrogen-bond donors (Lipinski definition) is 0. The Morgan fingerprint density at radius 3 is 3.00 bits per heavy atom. The SMILES string of the molecule is Cn1nc2n(c1=O)C=Cc1ccccc1C2. The van der Waals surface area contributed by atoms with Gasteiger partial charge in [0.2, 0.25) is 0 Å². The predicted octanol–water partition coefficient (Wildman–Crippen LogP) is 1.11. The second-order valence-corrected chi connectivity index (χ2v) is 3.88. The van der Waals surface area contributed by atoms with E-state index in [2.05, 4.69) is 11.2 Å². The third-order valence-electron chi connectivity index (χ3n) is 2.83. The second-order valence-electron chi connectivity index (χ2n) is 3.88. The van der Waals surface area contributed by atoms with Crippen LogP contribution in [0.1, 0.15) is 17.0 Å². The summed E-state index contributed by atoms with van der Waals surface area (Å²) in [5.41, 5.74) is 2.25. The molecule has 4 nitrogen and oxygen atoms in total. The lowest BCUT2D eigenvalue weighted by Crippen LogP contribution is -2.19. The largest absolute Gasteiger partial charge is 0.349 e. The fourth-order valence-electron chi connectivity index (χ4n) is 1.98. The molecule has 16 heavy (non-hydrogen) atoms. The standard InChI is InChI=1S/C12H11N3O/c1-14-12(16)15-7-6-9-4-2-3-5-10(9)8-11(15)13-14/h2-7H,8H2,1H3. The van der Waals surface area contributed by atoms with Gasteiger partial charge in [-0.1, -0.05) is 24.3 Å². The summed E-state index contributed by atoms with van der Waals surface area (Å²) in [4.78, 5) is 11.7. The van der Waals surface area contributed by atoms with Crippen LogP contribution in [0.2, 0.25) is 0 Å². The summed E-state index contributed by atoms with van der Waals surface area (Å²) in [5, 5.41) is 4.23. The van der Waals surface area contributed by atoms with Gasteiger partial charge in [-0.15, -0.1) is 0 Å². The van der Waals surface area contributed by atoms with Crippen LogP contribution in [-0.2, 0) is 13.5 Å². The smallest absolute Gasteiger partial charge is 0.253 e. The van der Waals surface area contributed by atoms with E-state index in [0.29, 0.717) is 6.42 Å². The normalized spacial score (nSPS) is 13.1. The average Bonchev–Trinajstić information content (AvgIpc) is 2.49. The van der Waals surface area contributed by atoms with Crippen LogP contribution < -0.4 is 5.69 Å². The molecule has 0 atom stereocenters. The molecule has 0 N–H and O–H groups in total. The Hall–Kier alpha value is -2.10. The number of fused-ring (bicyclic) bond motifs is 2. The maximum Gasteiger partial charge on any atom is 0.349 e. The van der Waals surface area contributed by atoms with Crippen LogP contribution in [0.25, 0.3) is 12.3 Å². The Labute approximate surface area is 92.5 Å². The molecule has 1 aliphatic rings. The molecule has 0 fully saturated rings. The first-order chi connectivity index (χ1) is 7.75. The minimum absolute atomic E-state index is 0.0981. The Morgan fingerprint density at radius 2 is 2.12 bits per heavy atom. The highest BCUT2D eigenvalue weighted by Crippen LogP contribution is 2.17. The fraction of sp³-hybridized carbons (Fsp3) is 0.167. The summed E-state index contributed by atoms with van der Waals surface area (Å²) >= 11 is 0. The minimum Gasteiger partial charge on any atom is -0.253 e. The van der Waals surface area contributed by atoms with Crippen molar-refractivity contribution in [2.24, 2.45) is 7.05 Å². The summed E-state index contributed by atoms with van der Waals surface area (Å²) in [6.45, 7) is 0. The molecule has 1 aliphatic heterocycles. The molecule has 1 aromatic heterocycles. The summed E-state index contributed by atoms with van der Waals surface area (Å²) in [5.74, 6) is 0.786. The third kappa shape index (κ3) is 1.23. The highest BCUT2D eigenvalue weighted by Gasteiger charge is 2.13. The molecule has 0 spiro atoms. The lowest BCUT2D eigenvalue weighted by atomic mass is 10.1. The molecule has 0 amide bonds. The zero-order valence-corrected chi connectivity index (χ0v) is 8.92. The Bertz CT molecular complexity index is 634. The van der Waals surface area contributed by atoms with E-state index in [1.54, 1.807) is 17.8 Å². The third-order valence-corrected chi connectivity index (χ3v) is 2.83. The van der Waals surface area contributed by atoms with Crippen LogP contribution in [0.15, 0.2) is 29.1 Å². The molecule has 80 valence electrons. The maximum absolute atomic E-state index is 11.7. The molecule has 0 unspecified atom stereocenters. The van der Waals surface area contributed by atoms with Crippen molar-refractivity contribution < 1.29 is 0 Å². The van der Waals surface area contributed by atoms with Crippen molar-refractivity contribution in [2.75, 3.05) is 0 Å². The van der Waals surface area contributed by atoms with Crippen LogP contribution in [0.3, 0.4) is 0 Å². The zero-order chi connectivity index (χ0) is 11.1. The van der Waals surface area contributed by atoms with E-state index in [1.165, 1.54) is 10.2 Å². The molecule has 0 radical (unpaired) electrons. The van der Waals surface area contributed by atoms with Gasteiger partial charge in [-0.3, -0.25) is 4.57 Å². The van der Waals surface area contributed by atoms with Crippen molar-refractivity contribution in [1.29, 1.82) is 0 Å². The maximum atomic E-state index is 11.7. The Morgan fingerprint density at radius 1 is 1.31 bits per heavy atom. The molecule has 0 saturated heterocycles. The first kappa shape index (κ1) is 9.15. The average molecular weight is 213 g/mol. The minimum atomic E-state index is -0.0981. The molecule has 1 aromatic carbocycles. The number of aryl methyl sites for hydroxylation is 1. The van der Waals surface area contributed by atoms with Gasteiger partial charge >= 0.3 is 5.69 Å². The van der Waals surface area contributed by atoms with Crippen LogP contribution in [0, 0.1) is 0 Å². The molecule has 3 rings (SSSR count). The van der Waals surface area contributed by atoms with Gasteiger partial charge in [0, 0.05) is 19.7 Å². The van der Waals surface area contributed by atoms with Crippen LogP contribution in [0.5, 0.6) is 0 Å². The van der Waals surface area contributed by atoms with E-state index >= 15 is 0 Å². The first-order valence-electron chi connectivity index (χ1n) is 5.16. The van der Waals surface area contributed by atoms with E-state index in [4.69, 9.17) is 0 Å². The molecule has 0 bridgehead atoms. The Balaban J connectivity index is 2.24. The topological polar surface area (TPSA) is 39.8 Å². The predicted molar refractivity (Wildman–Crippen MR) is 61.9 cm³/mol. The quantitative estimate of drug-likeness (QED) is 0.561. The van der Waals surface area contributed by atoms with E-state index in [-0.39, 0.29) is 5.69 Å². The number of benzene rings is 1. The van der Waals surface area contributed by atoms with E-state index < -0.39 is 0 Å².